The largest absolute Gasteiger partial charge is 0.491 e. The zero-order chi connectivity index (χ0) is 23.5. The molecule has 33 heavy (non-hydrogen) atoms. The first-order valence-corrected chi connectivity index (χ1v) is 11.3. The maximum atomic E-state index is 11.8. The Balaban J connectivity index is 1.69. The number of piperazine rings is 1. The second kappa shape index (κ2) is 9.66. The average molecular weight is 453 g/mol. The van der Waals surface area contributed by atoms with Gasteiger partial charge in [0.2, 0.25) is 5.91 Å². The number of nitrogens with two attached hydrogens (primary N) is 1. The highest BCUT2D eigenvalue weighted by molar-refractivity contribution is 5.84. The van der Waals surface area contributed by atoms with E-state index in [4.69, 9.17) is 20.2 Å². The fourth-order valence-electron chi connectivity index (χ4n) is 4.37. The number of carbonyl (C=O) groups is 1. The van der Waals surface area contributed by atoms with Crippen molar-refractivity contribution in [1.29, 1.82) is 0 Å². The van der Waals surface area contributed by atoms with Gasteiger partial charge in [0, 0.05) is 52.1 Å². The number of pyridine rings is 1. The summed E-state index contributed by atoms with van der Waals surface area (Å²) in [6, 6.07) is 3.87. The molecule has 176 valence electrons. The Bertz CT molecular complexity index is 1020. The van der Waals surface area contributed by atoms with E-state index in [9.17, 15) is 4.79 Å². The van der Waals surface area contributed by atoms with Gasteiger partial charge >= 0.3 is 0 Å². The van der Waals surface area contributed by atoms with Crippen LogP contribution in [0, 0.1) is 0 Å². The quantitative estimate of drug-likeness (QED) is 0.685. The van der Waals surface area contributed by atoms with E-state index in [2.05, 4.69) is 16.5 Å². The van der Waals surface area contributed by atoms with Gasteiger partial charge in [-0.2, -0.15) is 0 Å². The van der Waals surface area contributed by atoms with E-state index in [1.807, 2.05) is 42.0 Å². The molecule has 1 atom stereocenters. The van der Waals surface area contributed by atoms with Crippen LogP contribution in [-0.2, 0) is 14.3 Å². The van der Waals surface area contributed by atoms with Gasteiger partial charge in [0.05, 0.1) is 11.4 Å². The monoisotopic (exact) mass is 452 g/mol. The minimum Gasteiger partial charge on any atom is -0.491 e. The average Bonchev–Trinajstić information content (AvgIpc) is 2.83. The number of fused-ring (bicyclic) bond motifs is 1. The highest BCUT2D eigenvalue weighted by atomic mass is 16.6. The first-order chi connectivity index (χ1) is 15.9. The van der Waals surface area contributed by atoms with Crippen LogP contribution in [0.1, 0.15) is 37.8 Å². The predicted molar refractivity (Wildman–Crippen MR) is 127 cm³/mol. The topological polar surface area (TPSA) is 96.5 Å². The maximum absolute atomic E-state index is 11.8. The number of ether oxygens (including phenoxy) is 2. The van der Waals surface area contributed by atoms with Crippen LogP contribution in [0.25, 0.3) is 5.57 Å². The summed E-state index contributed by atoms with van der Waals surface area (Å²) in [5.41, 5.74) is 9.44. The molecule has 4 rings (SSSR count). The summed E-state index contributed by atoms with van der Waals surface area (Å²) >= 11 is 0. The van der Waals surface area contributed by atoms with Crippen molar-refractivity contribution in [3.05, 3.63) is 53.8 Å². The molecule has 0 radical (unpaired) electrons. The number of hydrogen-bond acceptors (Lipinski definition) is 8. The molecule has 0 saturated carbocycles. The Morgan fingerprint density at radius 1 is 1.24 bits per heavy atom. The number of allylic oxidation sites excluding steroid dienone is 4. The lowest BCUT2D eigenvalue weighted by Crippen LogP contribution is -2.54. The Morgan fingerprint density at radius 3 is 2.64 bits per heavy atom. The molecule has 0 bridgehead atoms. The molecule has 1 amide bonds. The lowest BCUT2D eigenvalue weighted by molar-refractivity contribution is -0.131. The summed E-state index contributed by atoms with van der Waals surface area (Å²) in [6.45, 7) is 11.5. The number of nitrogens with zero attached hydrogens (tertiary/aromatic N) is 5. The number of aliphatic imine (C=N–C) groups is 1. The highest BCUT2D eigenvalue weighted by Gasteiger charge is 2.35. The van der Waals surface area contributed by atoms with Crippen molar-refractivity contribution < 1.29 is 14.3 Å². The zero-order valence-electron chi connectivity index (χ0n) is 19.6. The predicted octanol–water partition coefficient (Wildman–Crippen LogP) is 2.37. The first-order valence-electron chi connectivity index (χ1n) is 11.3. The van der Waals surface area contributed by atoms with Crippen LogP contribution in [0.5, 0.6) is 0 Å². The molecule has 0 spiro atoms. The van der Waals surface area contributed by atoms with E-state index in [0.29, 0.717) is 32.3 Å². The van der Waals surface area contributed by atoms with E-state index in [1.54, 1.807) is 13.0 Å². The molecule has 2 N–H and O–H groups in total. The molecule has 1 unspecified atom stereocenters. The van der Waals surface area contributed by atoms with Crippen LogP contribution < -0.4 is 5.73 Å². The minimum absolute atomic E-state index is 0.101. The van der Waals surface area contributed by atoms with Crippen LogP contribution in [0.3, 0.4) is 0 Å². The second-order valence-electron chi connectivity index (χ2n) is 8.24. The van der Waals surface area contributed by atoms with Crippen LogP contribution >= 0.6 is 0 Å². The van der Waals surface area contributed by atoms with Crippen molar-refractivity contribution in [3.8, 4) is 0 Å². The SMILES string of the molecule is C=C/C(=C\C1=C(CC)OCCO1)c1ccc2c(n1)C(N1CCN(C(C)=O)CC1)N(C)C(N)=N2. The summed E-state index contributed by atoms with van der Waals surface area (Å²) in [5, 5.41) is 0. The van der Waals surface area contributed by atoms with Crippen molar-refractivity contribution in [2.75, 3.05) is 46.4 Å². The van der Waals surface area contributed by atoms with E-state index < -0.39 is 0 Å². The van der Waals surface area contributed by atoms with Crippen molar-refractivity contribution in [3.63, 3.8) is 0 Å². The van der Waals surface area contributed by atoms with E-state index in [1.165, 1.54) is 0 Å². The Morgan fingerprint density at radius 2 is 1.97 bits per heavy atom. The van der Waals surface area contributed by atoms with Gasteiger partial charge in [-0.1, -0.05) is 19.6 Å². The first kappa shape index (κ1) is 22.8. The maximum Gasteiger partial charge on any atom is 0.219 e. The number of rotatable bonds is 5. The van der Waals surface area contributed by atoms with Crippen LogP contribution in [-0.4, -0.2) is 78.0 Å². The zero-order valence-corrected chi connectivity index (χ0v) is 19.6. The van der Waals surface area contributed by atoms with Gasteiger partial charge in [0.15, 0.2) is 11.7 Å². The van der Waals surface area contributed by atoms with Crippen LogP contribution in [0.4, 0.5) is 5.69 Å². The summed E-state index contributed by atoms with van der Waals surface area (Å²) in [4.78, 5) is 27.4. The summed E-state index contributed by atoms with van der Waals surface area (Å²) < 4.78 is 11.6. The number of aromatic nitrogens is 1. The normalized spacial score (nSPS) is 21.7. The molecule has 3 aliphatic heterocycles. The minimum atomic E-state index is -0.169. The summed E-state index contributed by atoms with van der Waals surface area (Å²) in [7, 11) is 1.92. The van der Waals surface area contributed by atoms with Gasteiger partial charge in [-0.25, -0.2) is 9.98 Å². The molecule has 9 heteroatoms. The van der Waals surface area contributed by atoms with E-state index in [0.717, 1.165) is 53.7 Å². The summed E-state index contributed by atoms with van der Waals surface area (Å²) in [5.74, 6) is 2.09. The standard InChI is InChI=1S/C24H32N6O3/c1-5-17(15-21-20(6-2)32-13-14-33-21)18-7-8-19-22(26-18)23(28(4)24(25)27-19)30-11-9-29(10-12-30)16(3)31/h5,7-8,15,23H,1,6,9-14H2,2-4H3,(H2,25,27)/b17-15+. The third-order valence-corrected chi connectivity index (χ3v) is 6.23. The number of hydrogen-bond donors (Lipinski definition) is 1. The molecule has 0 aromatic carbocycles. The molecule has 9 nitrogen and oxygen atoms in total. The van der Waals surface area contributed by atoms with E-state index >= 15 is 0 Å². The third kappa shape index (κ3) is 4.59. The molecule has 1 fully saturated rings. The van der Waals surface area contributed by atoms with Crippen molar-refractivity contribution in [2.24, 2.45) is 10.7 Å². The van der Waals surface area contributed by atoms with Crippen LogP contribution in [0.2, 0.25) is 0 Å². The molecule has 4 heterocycles. The fraction of sp³-hybridized carbons (Fsp3) is 0.458. The smallest absolute Gasteiger partial charge is 0.219 e. The van der Waals surface area contributed by atoms with Crippen LogP contribution in [0.15, 0.2) is 47.4 Å². The van der Waals surface area contributed by atoms with Gasteiger partial charge in [-0.15, -0.1) is 0 Å². The third-order valence-electron chi connectivity index (χ3n) is 6.23. The van der Waals surface area contributed by atoms with Gasteiger partial charge < -0.3 is 25.0 Å². The van der Waals surface area contributed by atoms with Gasteiger partial charge in [0.25, 0.3) is 0 Å². The fourth-order valence-corrected chi connectivity index (χ4v) is 4.37. The molecule has 0 aliphatic carbocycles. The lowest BCUT2D eigenvalue weighted by atomic mass is 10.1. The molecule has 1 aromatic rings. The molecule has 3 aliphatic rings. The number of amides is 1. The Kier molecular flexibility index (Phi) is 6.69. The molecular weight excluding hydrogens is 420 g/mol. The van der Waals surface area contributed by atoms with Crippen molar-refractivity contribution in [1.82, 2.24) is 19.7 Å². The Hall–Kier alpha value is -3.33. The van der Waals surface area contributed by atoms with Gasteiger partial charge in [-0.05, 0) is 18.2 Å². The van der Waals surface area contributed by atoms with Gasteiger partial charge in [0.1, 0.15) is 30.8 Å². The van der Waals surface area contributed by atoms with E-state index in [-0.39, 0.29) is 12.1 Å². The highest BCUT2D eigenvalue weighted by Crippen LogP contribution is 2.36. The number of carbonyl (C=O) groups excluding carboxylic acids is 1. The Labute approximate surface area is 194 Å². The van der Waals surface area contributed by atoms with Crippen molar-refractivity contribution >= 4 is 23.1 Å². The lowest BCUT2D eigenvalue weighted by Gasteiger charge is -2.44. The van der Waals surface area contributed by atoms with Crippen molar-refractivity contribution in [2.45, 2.75) is 26.4 Å². The second-order valence-corrected chi connectivity index (χ2v) is 8.24. The molecular formula is C24H32N6O3. The molecule has 1 saturated heterocycles. The molecule has 1 aromatic heterocycles. The van der Waals surface area contributed by atoms with Gasteiger partial charge in [-0.3, -0.25) is 9.69 Å². The summed E-state index contributed by atoms with van der Waals surface area (Å²) in [6.07, 6.45) is 4.29. The number of guanidine groups is 1.